The van der Waals surface area contributed by atoms with Crippen LogP contribution in [0.15, 0.2) is 84.0 Å². The third-order valence-electron chi connectivity index (χ3n) is 4.08. The molecule has 0 spiro atoms. The summed E-state index contributed by atoms with van der Waals surface area (Å²) in [6, 6.07) is 23.1. The number of nitrogens with one attached hydrogen (secondary N) is 1. The van der Waals surface area contributed by atoms with Crippen molar-refractivity contribution < 1.29 is 9.72 Å². The Labute approximate surface area is 166 Å². The highest BCUT2D eigenvalue weighted by Gasteiger charge is 2.22. The van der Waals surface area contributed by atoms with Crippen molar-refractivity contribution in [2.24, 2.45) is 5.10 Å². The van der Waals surface area contributed by atoms with E-state index >= 15 is 0 Å². The van der Waals surface area contributed by atoms with Crippen molar-refractivity contribution in [1.29, 1.82) is 0 Å². The number of carbonyl (C=O) groups is 1. The van der Waals surface area contributed by atoms with E-state index in [1.807, 2.05) is 60.7 Å². The molecular formula is C21H16ClN3O3. The fourth-order valence-corrected chi connectivity index (χ4v) is 2.96. The Hall–Kier alpha value is -3.51. The molecule has 1 N–H and O–H groups in total. The summed E-state index contributed by atoms with van der Waals surface area (Å²) in [6.45, 7) is 0. The maximum atomic E-state index is 12.8. The number of nitrogens with zero attached hydrogens (tertiary/aromatic N) is 2. The minimum Gasteiger partial charge on any atom is -0.272 e. The first-order valence-corrected chi connectivity index (χ1v) is 8.81. The van der Waals surface area contributed by atoms with E-state index in [-0.39, 0.29) is 16.6 Å². The molecular weight excluding hydrogens is 378 g/mol. The van der Waals surface area contributed by atoms with Gasteiger partial charge in [0, 0.05) is 11.6 Å². The van der Waals surface area contributed by atoms with Gasteiger partial charge in [-0.1, -0.05) is 78.3 Å². The molecule has 0 radical (unpaired) electrons. The van der Waals surface area contributed by atoms with E-state index in [9.17, 15) is 14.9 Å². The molecule has 7 heteroatoms. The summed E-state index contributed by atoms with van der Waals surface area (Å²) in [5, 5.41) is 15.0. The van der Waals surface area contributed by atoms with E-state index in [1.165, 1.54) is 18.3 Å². The van der Waals surface area contributed by atoms with Crippen LogP contribution in [-0.4, -0.2) is 17.0 Å². The van der Waals surface area contributed by atoms with Crippen LogP contribution in [0.3, 0.4) is 0 Å². The van der Waals surface area contributed by atoms with Gasteiger partial charge in [0.25, 0.3) is 11.6 Å². The molecule has 0 atom stereocenters. The summed E-state index contributed by atoms with van der Waals surface area (Å²) >= 11 is 5.80. The standard InChI is InChI=1S/C21H16ClN3O3/c22-18-12-11-15(13-19(18)25(27)28)14-23-24-21(26)20(16-7-3-1-4-8-16)17-9-5-2-6-10-17/h1-14,20H,(H,24,26). The number of amides is 1. The zero-order valence-electron chi connectivity index (χ0n) is 14.7. The van der Waals surface area contributed by atoms with Crippen LogP contribution in [0.5, 0.6) is 0 Å². The van der Waals surface area contributed by atoms with Crippen molar-refractivity contribution in [1.82, 2.24) is 5.43 Å². The largest absolute Gasteiger partial charge is 0.288 e. The molecule has 28 heavy (non-hydrogen) atoms. The Morgan fingerprint density at radius 3 is 2.11 bits per heavy atom. The van der Waals surface area contributed by atoms with Gasteiger partial charge in [0.2, 0.25) is 0 Å². The molecule has 0 aliphatic carbocycles. The van der Waals surface area contributed by atoms with Gasteiger partial charge >= 0.3 is 0 Å². The molecule has 3 rings (SSSR count). The number of hydrogen-bond donors (Lipinski definition) is 1. The SMILES string of the molecule is O=C(NN=Cc1ccc(Cl)c([N+](=O)[O-])c1)C(c1ccccc1)c1ccccc1. The second-order valence-corrected chi connectivity index (χ2v) is 6.36. The molecule has 140 valence electrons. The number of halogens is 1. The lowest BCUT2D eigenvalue weighted by Crippen LogP contribution is -2.26. The van der Waals surface area contributed by atoms with Crippen LogP contribution >= 0.6 is 11.6 Å². The smallest absolute Gasteiger partial charge is 0.272 e. The van der Waals surface area contributed by atoms with Crippen molar-refractivity contribution >= 4 is 29.4 Å². The number of hydrogen-bond acceptors (Lipinski definition) is 4. The summed E-state index contributed by atoms with van der Waals surface area (Å²) in [6.07, 6.45) is 1.34. The van der Waals surface area contributed by atoms with Gasteiger partial charge in [-0.15, -0.1) is 0 Å². The summed E-state index contributed by atoms with van der Waals surface area (Å²) < 4.78 is 0. The number of nitro groups is 1. The lowest BCUT2D eigenvalue weighted by molar-refractivity contribution is -0.384. The minimum atomic E-state index is -0.570. The molecule has 0 saturated carbocycles. The van der Waals surface area contributed by atoms with Gasteiger partial charge in [-0.05, 0) is 17.2 Å². The van der Waals surface area contributed by atoms with Crippen molar-refractivity contribution in [3.63, 3.8) is 0 Å². The number of hydrazone groups is 1. The molecule has 3 aromatic carbocycles. The first-order chi connectivity index (χ1) is 13.6. The highest BCUT2D eigenvalue weighted by atomic mass is 35.5. The first-order valence-electron chi connectivity index (χ1n) is 8.43. The maximum Gasteiger partial charge on any atom is 0.288 e. The highest BCUT2D eigenvalue weighted by Crippen LogP contribution is 2.25. The first kappa shape index (κ1) is 19.3. The maximum absolute atomic E-state index is 12.8. The minimum absolute atomic E-state index is 0.0411. The Kier molecular flexibility index (Phi) is 6.14. The summed E-state index contributed by atoms with van der Waals surface area (Å²) in [7, 11) is 0. The van der Waals surface area contributed by atoms with E-state index in [1.54, 1.807) is 6.07 Å². The number of nitro benzene ring substituents is 1. The normalized spacial score (nSPS) is 10.9. The lowest BCUT2D eigenvalue weighted by Gasteiger charge is -2.16. The number of benzene rings is 3. The van der Waals surface area contributed by atoms with Crippen molar-refractivity contribution in [3.8, 4) is 0 Å². The molecule has 3 aromatic rings. The van der Waals surface area contributed by atoms with Crippen LogP contribution in [0.4, 0.5) is 5.69 Å². The van der Waals surface area contributed by atoms with Crippen LogP contribution in [0.2, 0.25) is 5.02 Å². The Morgan fingerprint density at radius 2 is 1.57 bits per heavy atom. The van der Waals surface area contributed by atoms with Gasteiger partial charge < -0.3 is 0 Å². The van der Waals surface area contributed by atoms with Crippen molar-refractivity contribution in [2.45, 2.75) is 5.92 Å². The van der Waals surface area contributed by atoms with Crippen LogP contribution in [0, 0.1) is 10.1 Å². The van der Waals surface area contributed by atoms with Gasteiger partial charge in [-0.3, -0.25) is 14.9 Å². The molecule has 0 bridgehead atoms. The predicted molar refractivity (Wildman–Crippen MR) is 109 cm³/mol. The van der Waals surface area contributed by atoms with Crippen LogP contribution in [0.25, 0.3) is 0 Å². The number of carbonyl (C=O) groups excluding carboxylic acids is 1. The van der Waals surface area contributed by atoms with E-state index in [2.05, 4.69) is 10.5 Å². The summed E-state index contributed by atoms with van der Waals surface area (Å²) in [4.78, 5) is 23.2. The Morgan fingerprint density at radius 1 is 1.00 bits per heavy atom. The molecule has 0 fully saturated rings. The van der Waals surface area contributed by atoms with Crippen molar-refractivity contribution in [3.05, 3.63) is 111 Å². The molecule has 1 amide bonds. The van der Waals surface area contributed by atoms with Crippen LogP contribution < -0.4 is 5.43 Å². The average Bonchev–Trinajstić information content (AvgIpc) is 2.71. The van der Waals surface area contributed by atoms with Gasteiger partial charge in [0.05, 0.1) is 17.1 Å². The summed E-state index contributed by atoms with van der Waals surface area (Å²) in [5.74, 6) is -0.837. The highest BCUT2D eigenvalue weighted by molar-refractivity contribution is 6.32. The molecule has 0 saturated heterocycles. The zero-order chi connectivity index (χ0) is 19.9. The van der Waals surface area contributed by atoms with Gasteiger partial charge in [-0.25, -0.2) is 5.43 Å². The monoisotopic (exact) mass is 393 g/mol. The molecule has 0 unspecified atom stereocenters. The van der Waals surface area contributed by atoms with Gasteiger partial charge in [-0.2, -0.15) is 5.10 Å². The molecule has 0 heterocycles. The van der Waals surface area contributed by atoms with E-state index in [0.717, 1.165) is 11.1 Å². The average molecular weight is 394 g/mol. The Balaban J connectivity index is 1.80. The topological polar surface area (TPSA) is 84.6 Å². The van der Waals surface area contributed by atoms with E-state index < -0.39 is 10.8 Å². The fraction of sp³-hybridized carbons (Fsp3) is 0.0476. The third-order valence-corrected chi connectivity index (χ3v) is 4.40. The van der Waals surface area contributed by atoms with Crippen LogP contribution in [-0.2, 0) is 4.79 Å². The fourth-order valence-electron chi connectivity index (χ4n) is 2.77. The molecule has 6 nitrogen and oxygen atoms in total. The number of rotatable bonds is 6. The third kappa shape index (κ3) is 4.61. The van der Waals surface area contributed by atoms with E-state index in [4.69, 9.17) is 11.6 Å². The van der Waals surface area contributed by atoms with Gasteiger partial charge in [0.1, 0.15) is 5.02 Å². The van der Waals surface area contributed by atoms with Crippen LogP contribution in [0.1, 0.15) is 22.6 Å². The molecule has 0 aromatic heterocycles. The predicted octanol–water partition coefficient (Wildman–Crippen LogP) is 4.53. The Bertz CT molecular complexity index is 968. The molecule has 0 aliphatic rings. The molecule has 0 aliphatic heterocycles. The summed E-state index contributed by atoms with van der Waals surface area (Å²) in [5.41, 5.74) is 4.42. The van der Waals surface area contributed by atoms with Crippen molar-refractivity contribution in [2.75, 3.05) is 0 Å². The lowest BCUT2D eigenvalue weighted by atomic mass is 9.91. The van der Waals surface area contributed by atoms with E-state index in [0.29, 0.717) is 5.56 Å². The van der Waals surface area contributed by atoms with Gasteiger partial charge in [0.15, 0.2) is 0 Å². The second-order valence-electron chi connectivity index (χ2n) is 5.96. The second kappa shape index (κ2) is 8.92. The quantitative estimate of drug-likeness (QED) is 0.379. The zero-order valence-corrected chi connectivity index (χ0v) is 15.4.